The number of rotatable bonds is 0. The van der Waals surface area contributed by atoms with E-state index in [2.05, 4.69) is 10.5 Å². The molecule has 0 aromatic heterocycles. The van der Waals surface area contributed by atoms with Gasteiger partial charge < -0.3 is 0 Å². The van der Waals surface area contributed by atoms with Gasteiger partial charge in [0.2, 0.25) is 0 Å². The second-order valence-corrected chi connectivity index (χ2v) is 2.88. The number of hydroxylamine groups is 1. The minimum absolute atomic E-state index is 0.0556. The second-order valence-electron chi connectivity index (χ2n) is 2.88. The Hall–Kier alpha value is -0.120. The molecule has 1 saturated carbocycles. The lowest BCUT2D eigenvalue weighted by atomic mass is 10.0. The maximum absolute atomic E-state index is 5.09. The molecule has 1 spiro atoms. The van der Waals surface area contributed by atoms with Crippen molar-refractivity contribution >= 4 is 0 Å². The van der Waals surface area contributed by atoms with Crippen molar-refractivity contribution in [2.45, 2.75) is 31.3 Å². The highest BCUT2D eigenvalue weighted by atomic mass is 17.3. The molecule has 1 aliphatic heterocycles. The van der Waals surface area contributed by atoms with Crippen LogP contribution in [-0.4, -0.2) is 12.1 Å². The van der Waals surface area contributed by atoms with E-state index in [9.17, 15) is 0 Å². The Bertz CT molecular complexity index is 86.1. The molecule has 52 valence electrons. The van der Waals surface area contributed by atoms with Gasteiger partial charge in [0.05, 0.1) is 6.54 Å². The van der Waals surface area contributed by atoms with Crippen LogP contribution in [0.25, 0.3) is 0 Å². The summed E-state index contributed by atoms with van der Waals surface area (Å²) < 4.78 is 0. The van der Waals surface area contributed by atoms with Crippen LogP contribution in [0.4, 0.5) is 0 Å². The van der Waals surface area contributed by atoms with E-state index in [1.165, 1.54) is 12.8 Å². The van der Waals surface area contributed by atoms with Crippen molar-refractivity contribution in [3.8, 4) is 0 Å². The monoisotopic (exact) mass is 129 g/mol. The Morgan fingerprint density at radius 2 is 2.00 bits per heavy atom. The Morgan fingerprint density at radius 3 is 2.56 bits per heavy atom. The van der Waals surface area contributed by atoms with Gasteiger partial charge in [-0.3, -0.25) is 0 Å². The van der Waals surface area contributed by atoms with E-state index in [1.54, 1.807) is 0 Å². The predicted molar refractivity (Wildman–Crippen MR) is 31.4 cm³/mol. The molecule has 3 heteroatoms. The van der Waals surface area contributed by atoms with Crippen LogP contribution in [0, 0.1) is 0 Å². The average molecular weight is 129 g/mol. The van der Waals surface area contributed by atoms with Crippen molar-refractivity contribution in [2.75, 3.05) is 6.54 Å². The molecular weight excluding hydrogens is 118 g/mol. The summed E-state index contributed by atoms with van der Waals surface area (Å²) in [7, 11) is 0. The fourth-order valence-electron chi connectivity index (χ4n) is 1.59. The number of hydrogen-bond donors (Lipinski definition) is 1. The van der Waals surface area contributed by atoms with E-state index in [4.69, 9.17) is 4.89 Å². The van der Waals surface area contributed by atoms with Crippen LogP contribution in [0.2, 0.25) is 0 Å². The summed E-state index contributed by atoms with van der Waals surface area (Å²) in [5, 5.41) is 0. The molecule has 1 aliphatic carbocycles. The first-order chi connectivity index (χ1) is 4.41. The van der Waals surface area contributed by atoms with Crippen LogP contribution in [-0.2, 0) is 9.88 Å². The minimum Gasteiger partial charge on any atom is -0.210 e. The van der Waals surface area contributed by atoms with Crippen molar-refractivity contribution in [2.24, 2.45) is 0 Å². The van der Waals surface area contributed by atoms with Gasteiger partial charge in [-0.1, -0.05) is 12.8 Å². The molecule has 0 bridgehead atoms. The third kappa shape index (κ3) is 0.852. The van der Waals surface area contributed by atoms with Gasteiger partial charge in [0, 0.05) is 0 Å². The van der Waals surface area contributed by atoms with E-state index in [0.29, 0.717) is 0 Å². The van der Waals surface area contributed by atoms with Crippen LogP contribution < -0.4 is 5.48 Å². The molecule has 0 unspecified atom stereocenters. The van der Waals surface area contributed by atoms with Crippen LogP contribution in [0.1, 0.15) is 25.7 Å². The standard InChI is InChI=1S/C6H11NO2/c1-2-4-6(3-1)5-7-9-8-6/h7H,1-5H2. The Labute approximate surface area is 54.2 Å². The SMILES string of the molecule is C1CCC2(C1)CNOO2. The number of hydrogen-bond acceptors (Lipinski definition) is 3. The van der Waals surface area contributed by atoms with Crippen molar-refractivity contribution in [3.63, 3.8) is 0 Å². The zero-order valence-electron chi connectivity index (χ0n) is 5.35. The average Bonchev–Trinajstić information content (AvgIpc) is 2.45. The zero-order valence-corrected chi connectivity index (χ0v) is 5.35. The van der Waals surface area contributed by atoms with E-state index in [1.807, 2.05) is 0 Å². The molecule has 9 heavy (non-hydrogen) atoms. The molecule has 0 aromatic carbocycles. The molecular formula is C6H11NO2. The fourth-order valence-corrected chi connectivity index (χ4v) is 1.59. The molecule has 2 aliphatic rings. The first-order valence-corrected chi connectivity index (χ1v) is 3.49. The summed E-state index contributed by atoms with van der Waals surface area (Å²) in [6.07, 6.45) is 4.87. The van der Waals surface area contributed by atoms with Crippen LogP contribution >= 0.6 is 0 Å². The summed E-state index contributed by atoms with van der Waals surface area (Å²) in [5.74, 6) is 0. The molecule has 0 aromatic rings. The molecule has 3 nitrogen and oxygen atoms in total. The maximum atomic E-state index is 5.09. The highest BCUT2D eigenvalue weighted by molar-refractivity contribution is 4.87. The van der Waals surface area contributed by atoms with E-state index in [-0.39, 0.29) is 5.60 Å². The normalized spacial score (nSPS) is 32.0. The van der Waals surface area contributed by atoms with Gasteiger partial charge in [-0.15, -0.1) is 4.99 Å². The lowest BCUT2D eigenvalue weighted by molar-refractivity contribution is -0.333. The lowest BCUT2D eigenvalue weighted by Gasteiger charge is -2.15. The molecule has 1 heterocycles. The van der Waals surface area contributed by atoms with E-state index < -0.39 is 0 Å². The van der Waals surface area contributed by atoms with Crippen molar-refractivity contribution in [3.05, 3.63) is 0 Å². The largest absolute Gasteiger partial charge is 0.210 e. The highest BCUT2D eigenvalue weighted by Crippen LogP contribution is 2.34. The maximum Gasteiger partial charge on any atom is 0.120 e. The molecule has 0 amide bonds. The summed E-state index contributed by atoms with van der Waals surface area (Å²) in [6, 6.07) is 0. The van der Waals surface area contributed by atoms with Gasteiger partial charge >= 0.3 is 0 Å². The van der Waals surface area contributed by atoms with Gasteiger partial charge in [-0.25, -0.2) is 4.89 Å². The van der Waals surface area contributed by atoms with Crippen LogP contribution in [0.15, 0.2) is 0 Å². The summed E-state index contributed by atoms with van der Waals surface area (Å²) in [4.78, 5) is 9.72. The topological polar surface area (TPSA) is 30.5 Å². The highest BCUT2D eigenvalue weighted by Gasteiger charge is 2.39. The smallest absolute Gasteiger partial charge is 0.120 e. The first kappa shape index (κ1) is 5.65. The molecule has 0 radical (unpaired) electrons. The molecule has 1 saturated heterocycles. The van der Waals surface area contributed by atoms with Crippen molar-refractivity contribution < 1.29 is 9.88 Å². The molecule has 0 atom stereocenters. The van der Waals surface area contributed by atoms with Gasteiger partial charge in [0.25, 0.3) is 0 Å². The lowest BCUT2D eigenvalue weighted by Crippen LogP contribution is -2.28. The Morgan fingerprint density at radius 1 is 1.22 bits per heavy atom. The summed E-state index contributed by atoms with van der Waals surface area (Å²) in [5.41, 5.74) is 2.79. The quantitative estimate of drug-likeness (QED) is 0.490. The first-order valence-electron chi connectivity index (χ1n) is 3.49. The predicted octanol–water partition coefficient (Wildman–Crippen LogP) is 0.766. The second kappa shape index (κ2) is 1.94. The Kier molecular flexibility index (Phi) is 1.22. The van der Waals surface area contributed by atoms with Crippen LogP contribution in [0.3, 0.4) is 0 Å². The van der Waals surface area contributed by atoms with Gasteiger partial charge in [-0.05, 0) is 12.8 Å². The number of nitrogens with one attached hydrogen (secondary N) is 1. The summed E-state index contributed by atoms with van der Waals surface area (Å²) in [6.45, 7) is 0.868. The van der Waals surface area contributed by atoms with Crippen molar-refractivity contribution in [1.29, 1.82) is 0 Å². The fraction of sp³-hybridized carbons (Fsp3) is 1.00. The van der Waals surface area contributed by atoms with Gasteiger partial charge in [0.1, 0.15) is 5.60 Å². The Balaban J connectivity index is 2.04. The van der Waals surface area contributed by atoms with Crippen molar-refractivity contribution in [1.82, 2.24) is 5.48 Å². The molecule has 2 fully saturated rings. The third-order valence-electron chi connectivity index (χ3n) is 2.19. The van der Waals surface area contributed by atoms with E-state index >= 15 is 0 Å². The molecule has 2 rings (SSSR count). The zero-order chi connectivity index (χ0) is 6.16. The van der Waals surface area contributed by atoms with Crippen LogP contribution in [0.5, 0.6) is 0 Å². The third-order valence-corrected chi connectivity index (χ3v) is 2.19. The van der Waals surface area contributed by atoms with Gasteiger partial charge in [-0.2, -0.15) is 5.48 Å². The molecule has 1 N–H and O–H groups in total. The minimum atomic E-state index is 0.0556. The summed E-state index contributed by atoms with van der Waals surface area (Å²) >= 11 is 0. The van der Waals surface area contributed by atoms with E-state index in [0.717, 1.165) is 19.4 Å². The van der Waals surface area contributed by atoms with Gasteiger partial charge in [0.15, 0.2) is 0 Å².